The van der Waals surface area contributed by atoms with E-state index >= 15 is 0 Å². The zero-order chi connectivity index (χ0) is 23.7. The third-order valence-electron chi connectivity index (χ3n) is 5.95. The minimum Gasteiger partial charge on any atom is -0.507 e. The third kappa shape index (κ3) is 3.83. The molecule has 6 heteroatoms. The largest absolute Gasteiger partial charge is 0.507 e. The molecule has 170 valence electrons. The molecule has 1 atom stereocenters. The molecule has 0 spiro atoms. The average Bonchev–Trinajstić information content (AvgIpc) is 3.46. The molecule has 4 aromatic rings. The molecule has 0 aliphatic carbocycles. The quantitative estimate of drug-likeness (QED) is 0.238. The summed E-state index contributed by atoms with van der Waals surface area (Å²) in [5.41, 5.74) is 1.18. The van der Waals surface area contributed by atoms with Gasteiger partial charge in [-0.2, -0.15) is 0 Å². The number of hydrogen-bond donors (Lipinski definition) is 1. The summed E-state index contributed by atoms with van der Waals surface area (Å²) in [4.78, 5) is 27.8. The van der Waals surface area contributed by atoms with Crippen molar-refractivity contribution in [3.05, 3.63) is 108 Å². The molecule has 1 N–H and O–H groups in total. The molecule has 1 saturated heterocycles. The summed E-state index contributed by atoms with van der Waals surface area (Å²) in [6.07, 6.45) is 1.52. The zero-order valence-electron chi connectivity index (χ0n) is 18.6. The Morgan fingerprint density at radius 2 is 1.79 bits per heavy atom. The summed E-state index contributed by atoms with van der Waals surface area (Å²) in [6, 6.07) is 23.1. The molecule has 0 bridgehead atoms. The van der Waals surface area contributed by atoms with Crippen LogP contribution in [0.5, 0.6) is 5.75 Å². The van der Waals surface area contributed by atoms with Gasteiger partial charge in [-0.3, -0.25) is 9.59 Å². The number of aliphatic hydroxyl groups excluding tert-OH is 1. The van der Waals surface area contributed by atoms with E-state index < -0.39 is 17.7 Å². The number of rotatable bonds is 6. The third-order valence-corrected chi connectivity index (χ3v) is 5.95. The number of ether oxygens (including phenoxy) is 1. The van der Waals surface area contributed by atoms with E-state index in [0.29, 0.717) is 29.2 Å². The first-order valence-corrected chi connectivity index (χ1v) is 11.1. The second-order valence-corrected chi connectivity index (χ2v) is 8.07. The lowest BCUT2D eigenvalue weighted by atomic mass is 9.94. The number of fused-ring (bicyclic) bond motifs is 1. The van der Waals surface area contributed by atoms with Crippen molar-refractivity contribution in [3.8, 4) is 5.75 Å². The smallest absolute Gasteiger partial charge is 0.296 e. The first-order valence-electron chi connectivity index (χ1n) is 11.1. The van der Waals surface area contributed by atoms with Crippen molar-refractivity contribution in [1.29, 1.82) is 0 Å². The van der Waals surface area contributed by atoms with Crippen molar-refractivity contribution in [1.82, 2.24) is 4.90 Å². The number of benzene rings is 3. The first kappa shape index (κ1) is 21.5. The van der Waals surface area contributed by atoms with Crippen molar-refractivity contribution in [3.63, 3.8) is 0 Å². The predicted molar refractivity (Wildman–Crippen MR) is 128 cm³/mol. The molecular weight excluding hydrogens is 430 g/mol. The average molecular weight is 453 g/mol. The van der Waals surface area contributed by atoms with Crippen LogP contribution in [0.15, 0.2) is 95.1 Å². The number of Topliss-reactive ketones (excluding diaryl/α,β-unsaturated/α-hetero) is 1. The van der Waals surface area contributed by atoms with Gasteiger partial charge in [0.25, 0.3) is 11.7 Å². The summed E-state index contributed by atoms with van der Waals surface area (Å²) in [6.45, 7) is 2.46. The Kier molecular flexibility index (Phi) is 5.64. The van der Waals surface area contributed by atoms with Gasteiger partial charge in [-0.05, 0) is 53.6 Å². The Bertz CT molecular complexity index is 1400. The molecule has 3 aromatic carbocycles. The number of aliphatic hydroxyl groups is 1. The lowest BCUT2D eigenvalue weighted by Gasteiger charge is -2.25. The molecule has 1 aliphatic rings. The molecule has 0 saturated carbocycles. The van der Waals surface area contributed by atoms with Crippen molar-refractivity contribution in [2.75, 3.05) is 6.61 Å². The van der Waals surface area contributed by atoms with Crippen LogP contribution in [0.3, 0.4) is 0 Å². The maximum Gasteiger partial charge on any atom is 0.296 e. The van der Waals surface area contributed by atoms with Gasteiger partial charge in [0.2, 0.25) is 0 Å². The maximum absolute atomic E-state index is 13.2. The van der Waals surface area contributed by atoms with Crippen LogP contribution in [0.25, 0.3) is 16.5 Å². The lowest BCUT2D eigenvalue weighted by molar-refractivity contribution is -0.140. The lowest BCUT2D eigenvalue weighted by Crippen LogP contribution is -2.29. The number of amides is 1. The molecule has 1 fully saturated rings. The monoisotopic (exact) mass is 453 g/mol. The Morgan fingerprint density at radius 3 is 2.56 bits per heavy atom. The molecule has 34 heavy (non-hydrogen) atoms. The molecule has 2 heterocycles. The summed E-state index contributed by atoms with van der Waals surface area (Å²) in [7, 11) is 0. The van der Waals surface area contributed by atoms with Crippen LogP contribution >= 0.6 is 0 Å². The topological polar surface area (TPSA) is 80.0 Å². The van der Waals surface area contributed by atoms with Crippen LogP contribution in [0, 0.1) is 0 Å². The van der Waals surface area contributed by atoms with Crippen LogP contribution in [0.2, 0.25) is 0 Å². The molecule has 1 amide bonds. The highest BCUT2D eigenvalue weighted by molar-refractivity contribution is 6.46. The number of ketones is 1. The van der Waals surface area contributed by atoms with Crippen molar-refractivity contribution in [2.24, 2.45) is 0 Å². The number of hydrogen-bond acceptors (Lipinski definition) is 5. The first-order chi connectivity index (χ1) is 16.6. The highest BCUT2D eigenvalue weighted by Gasteiger charge is 2.46. The molecule has 1 aliphatic heterocycles. The van der Waals surface area contributed by atoms with E-state index in [9.17, 15) is 14.7 Å². The van der Waals surface area contributed by atoms with E-state index in [-0.39, 0.29) is 17.9 Å². The predicted octanol–water partition coefficient (Wildman–Crippen LogP) is 5.45. The van der Waals surface area contributed by atoms with Gasteiger partial charge in [0.1, 0.15) is 17.3 Å². The Morgan fingerprint density at radius 1 is 0.971 bits per heavy atom. The van der Waals surface area contributed by atoms with Crippen LogP contribution in [-0.4, -0.2) is 28.3 Å². The van der Waals surface area contributed by atoms with Gasteiger partial charge in [0.15, 0.2) is 0 Å². The summed E-state index contributed by atoms with van der Waals surface area (Å²) < 4.78 is 11.1. The normalized spacial score (nSPS) is 17.4. The Balaban J connectivity index is 1.67. The standard InChI is InChI=1S/C28H23NO5/c1-2-33-22-10-5-9-20(16-22)25-24(27(31)28(32)29(25)17-23-11-6-14-34-23)26(30)21-13-12-18-7-3-4-8-19(18)15-21/h3-16,25,30H,2,17H2,1H3/b26-24-. The van der Waals surface area contributed by atoms with E-state index in [1.807, 2.05) is 61.5 Å². The summed E-state index contributed by atoms with van der Waals surface area (Å²) >= 11 is 0. The number of nitrogens with zero attached hydrogens (tertiary/aromatic N) is 1. The van der Waals surface area contributed by atoms with Gasteiger partial charge in [0, 0.05) is 5.56 Å². The van der Waals surface area contributed by atoms with Crippen LogP contribution < -0.4 is 4.74 Å². The van der Waals surface area contributed by atoms with Crippen LogP contribution in [0.1, 0.15) is 29.9 Å². The Hall–Kier alpha value is -4.32. The second kappa shape index (κ2) is 8.90. The van der Waals surface area contributed by atoms with E-state index in [1.165, 1.54) is 11.2 Å². The SMILES string of the molecule is CCOc1cccc(C2/C(=C(/O)c3ccc4ccccc4c3)C(=O)C(=O)N2Cc2ccco2)c1. The molecule has 1 unspecified atom stereocenters. The number of likely N-dealkylation sites (tertiary alicyclic amines) is 1. The minimum atomic E-state index is -0.794. The fraction of sp³-hybridized carbons (Fsp3) is 0.143. The summed E-state index contributed by atoms with van der Waals surface area (Å²) in [5, 5.41) is 13.3. The fourth-order valence-electron chi connectivity index (χ4n) is 4.39. The van der Waals surface area contributed by atoms with Gasteiger partial charge in [-0.25, -0.2) is 0 Å². The highest BCUT2D eigenvalue weighted by atomic mass is 16.5. The van der Waals surface area contributed by atoms with Gasteiger partial charge < -0.3 is 19.2 Å². The number of carbonyl (C=O) groups is 2. The molecule has 1 aromatic heterocycles. The van der Waals surface area contributed by atoms with Crippen LogP contribution in [-0.2, 0) is 16.1 Å². The number of carbonyl (C=O) groups excluding carboxylic acids is 2. The van der Waals surface area contributed by atoms with Gasteiger partial charge in [-0.1, -0.05) is 48.5 Å². The van der Waals surface area contributed by atoms with Gasteiger partial charge >= 0.3 is 0 Å². The van der Waals surface area contributed by atoms with Crippen LogP contribution in [0.4, 0.5) is 0 Å². The van der Waals surface area contributed by atoms with Crippen molar-refractivity contribution in [2.45, 2.75) is 19.5 Å². The van der Waals surface area contributed by atoms with Gasteiger partial charge in [-0.15, -0.1) is 0 Å². The van der Waals surface area contributed by atoms with Gasteiger partial charge in [0.05, 0.1) is 31.0 Å². The van der Waals surface area contributed by atoms with E-state index in [1.54, 1.807) is 24.3 Å². The second-order valence-electron chi connectivity index (χ2n) is 8.07. The Labute approximate surface area is 196 Å². The zero-order valence-corrected chi connectivity index (χ0v) is 18.6. The van der Waals surface area contributed by atoms with E-state index in [0.717, 1.165) is 10.8 Å². The minimum absolute atomic E-state index is 0.0421. The van der Waals surface area contributed by atoms with E-state index in [4.69, 9.17) is 9.15 Å². The van der Waals surface area contributed by atoms with Crippen molar-refractivity contribution >= 4 is 28.2 Å². The van der Waals surface area contributed by atoms with Crippen molar-refractivity contribution < 1.29 is 23.8 Å². The highest BCUT2D eigenvalue weighted by Crippen LogP contribution is 2.41. The fourth-order valence-corrected chi connectivity index (χ4v) is 4.39. The summed E-state index contributed by atoms with van der Waals surface area (Å²) in [5.74, 6) is -0.472. The number of furan rings is 1. The molecule has 6 nitrogen and oxygen atoms in total. The molecule has 5 rings (SSSR count). The maximum atomic E-state index is 13.2. The van der Waals surface area contributed by atoms with E-state index in [2.05, 4.69) is 0 Å². The molecular formula is C28H23NO5. The molecule has 0 radical (unpaired) electrons.